The van der Waals surface area contributed by atoms with E-state index in [4.69, 9.17) is 9.47 Å². The van der Waals surface area contributed by atoms with Gasteiger partial charge in [-0.25, -0.2) is 0 Å². The molecule has 0 aliphatic rings. The first-order valence-corrected chi connectivity index (χ1v) is 5.31. The summed E-state index contributed by atoms with van der Waals surface area (Å²) in [7, 11) is 3.24. The number of rotatable bonds is 3. The maximum absolute atomic E-state index is 5.31. The van der Waals surface area contributed by atoms with Crippen LogP contribution in [0.25, 0.3) is 6.08 Å². The average Bonchev–Trinajstić information content (AvgIpc) is 2.27. The molecule has 0 bridgehead atoms. The highest BCUT2D eigenvalue weighted by atomic mass is 79.9. The van der Waals surface area contributed by atoms with Crippen molar-refractivity contribution in [2.24, 2.45) is 0 Å². The molecule has 0 saturated carbocycles. The fourth-order valence-corrected chi connectivity index (χ4v) is 1.65. The second-order valence-electron chi connectivity index (χ2n) is 2.80. The zero-order valence-corrected chi connectivity index (χ0v) is 10.6. The van der Waals surface area contributed by atoms with E-state index in [1.807, 2.05) is 31.2 Å². The maximum atomic E-state index is 5.31. The summed E-state index contributed by atoms with van der Waals surface area (Å²) in [4.78, 5) is 0. The molecule has 0 radical (unpaired) electrons. The van der Waals surface area contributed by atoms with Crippen LogP contribution in [0.4, 0.5) is 0 Å². The molecule has 1 aromatic carbocycles. The first-order valence-electron chi connectivity index (χ1n) is 4.52. The number of hydrogen-bond donors (Lipinski definition) is 0. The maximum Gasteiger partial charge on any atom is 0.169 e. The van der Waals surface area contributed by atoms with E-state index in [0.717, 1.165) is 10.0 Å². The molecule has 0 spiro atoms. The van der Waals surface area contributed by atoms with Gasteiger partial charge in [-0.2, -0.15) is 0 Å². The lowest BCUT2D eigenvalue weighted by Gasteiger charge is -2.11. The van der Waals surface area contributed by atoms with Gasteiger partial charge < -0.3 is 9.47 Å². The Labute approximate surface area is 98.3 Å². The highest BCUT2D eigenvalue weighted by molar-refractivity contribution is 9.10. The van der Waals surface area contributed by atoms with Crippen LogP contribution in [0.5, 0.6) is 11.5 Å². The minimum Gasteiger partial charge on any atom is -0.493 e. The van der Waals surface area contributed by atoms with Gasteiger partial charge in [0.15, 0.2) is 11.5 Å². The summed E-state index contributed by atoms with van der Waals surface area (Å²) in [6, 6.07) is 3.78. The Morgan fingerprint density at radius 3 is 2.53 bits per heavy atom. The summed E-state index contributed by atoms with van der Waals surface area (Å²) in [5, 5.41) is 0. The van der Waals surface area contributed by atoms with Crippen LogP contribution in [0, 0.1) is 0 Å². The average molecular weight is 269 g/mol. The first kappa shape index (κ1) is 11.9. The molecule has 0 unspecified atom stereocenters. The van der Waals surface area contributed by atoms with Gasteiger partial charge in [-0.3, -0.25) is 0 Å². The number of methoxy groups -OCH3 is 2. The van der Waals surface area contributed by atoms with Crippen molar-refractivity contribution in [2.45, 2.75) is 6.92 Å². The molecule has 0 aliphatic heterocycles. The normalized spacial score (nSPS) is 9.07. The van der Waals surface area contributed by atoms with Crippen LogP contribution < -0.4 is 9.47 Å². The number of halogens is 1. The smallest absolute Gasteiger partial charge is 0.169 e. The molecule has 0 heterocycles. The Morgan fingerprint density at radius 1 is 1.27 bits per heavy atom. The van der Waals surface area contributed by atoms with Crippen molar-refractivity contribution in [1.82, 2.24) is 0 Å². The third-order valence-corrected chi connectivity index (χ3v) is 2.62. The number of benzene rings is 1. The monoisotopic (exact) mass is 268 g/mol. The summed E-state index contributed by atoms with van der Waals surface area (Å²) in [5.41, 5.74) is 3.94. The summed E-state index contributed by atoms with van der Waals surface area (Å²) in [5.74, 6) is 1.42. The molecule has 3 heteroatoms. The topological polar surface area (TPSA) is 18.5 Å². The van der Waals surface area contributed by atoms with Gasteiger partial charge in [0, 0.05) is 10.0 Å². The summed E-state index contributed by atoms with van der Waals surface area (Å²) < 4.78 is 11.5. The van der Waals surface area contributed by atoms with Crippen LogP contribution in [-0.4, -0.2) is 14.2 Å². The van der Waals surface area contributed by atoms with Gasteiger partial charge in [-0.1, -0.05) is 15.9 Å². The Balaban J connectivity index is 3.38. The number of allylic oxidation sites excluding steroid dienone is 1. The minimum atomic E-state index is 0.709. The molecule has 0 aliphatic carbocycles. The van der Waals surface area contributed by atoms with Gasteiger partial charge >= 0.3 is 0 Å². The fourth-order valence-electron chi connectivity index (χ4n) is 1.23. The Morgan fingerprint density at radius 2 is 2.00 bits per heavy atom. The molecule has 0 fully saturated rings. The van der Waals surface area contributed by atoms with Gasteiger partial charge in [-0.15, -0.1) is 5.73 Å². The highest BCUT2D eigenvalue weighted by Crippen LogP contribution is 2.36. The van der Waals surface area contributed by atoms with Crippen molar-refractivity contribution in [3.05, 3.63) is 34.0 Å². The van der Waals surface area contributed by atoms with E-state index in [2.05, 4.69) is 21.7 Å². The number of hydrogen-bond acceptors (Lipinski definition) is 2. The fraction of sp³-hybridized carbons (Fsp3) is 0.250. The molecule has 1 rings (SSSR count). The third-order valence-electron chi connectivity index (χ3n) is 1.93. The molecule has 2 nitrogen and oxygen atoms in total. The summed E-state index contributed by atoms with van der Waals surface area (Å²) >= 11 is 3.46. The van der Waals surface area contributed by atoms with E-state index in [-0.39, 0.29) is 0 Å². The lowest BCUT2D eigenvalue weighted by molar-refractivity contribution is 0.354. The van der Waals surface area contributed by atoms with E-state index in [1.165, 1.54) is 0 Å². The van der Waals surface area contributed by atoms with Gasteiger partial charge in [0.25, 0.3) is 0 Å². The standard InChI is InChI=1S/C12H13BrO2/c1-4-5-6-9-10(13)7-8-11(14-2)12(9)15-3/h4,6-8H,1-3H3. The van der Waals surface area contributed by atoms with E-state index in [9.17, 15) is 0 Å². The van der Waals surface area contributed by atoms with Gasteiger partial charge in [0.05, 0.1) is 14.2 Å². The summed E-state index contributed by atoms with van der Waals surface area (Å²) in [6.45, 7) is 1.91. The van der Waals surface area contributed by atoms with Crippen molar-refractivity contribution in [3.63, 3.8) is 0 Å². The molecule has 80 valence electrons. The molecule has 15 heavy (non-hydrogen) atoms. The first-order chi connectivity index (χ1) is 7.24. The van der Waals surface area contributed by atoms with E-state index in [1.54, 1.807) is 14.2 Å². The molecule has 1 aromatic rings. The molecule has 0 amide bonds. The van der Waals surface area contributed by atoms with Crippen LogP contribution in [0.1, 0.15) is 12.5 Å². The van der Waals surface area contributed by atoms with E-state index >= 15 is 0 Å². The van der Waals surface area contributed by atoms with Crippen molar-refractivity contribution in [3.8, 4) is 11.5 Å². The van der Waals surface area contributed by atoms with Gasteiger partial charge in [-0.05, 0) is 31.2 Å². The zero-order chi connectivity index (χ0) is 11.3. The molecular formula is C12H13BrO2. The van der Waals surface area contributed by atoms with Crippen LogP contribution >= 0.6 is 15.9 Å². The van der Waals surface area contributed by atoms with Crippen LogP contribution in [0.2, 0.25) is 0 Å². The second-order valence-corrected chi connectivity index (χ2v) is 3.65. The van der Waals surface area contributed by atoms with Crippen molar-refractivity contribution in [1.29, 1.82) is 0 Å². The van der Waals surface area contributed by atoms with E-state index < -0.39 is 0 Å². The second kappa shape index (κ2) is 5.64. The third kappa shape index (κ3) is 2.65. The van der Waals surface area contributed by atoms with Crippen molar-refractivity contribution in [2.75, 3.05) is 14.2 Å². The van der Waals surface area contributed by atoms with Gasteiger partial charge in [0.1, 0.15) is 0 Å². The van der Waals surface area contributed by atoms with Crippen molar-refractivity contribution >= 4 is 22.0 Å². The van der Waals surface area contributed by atoms with E-state index in [0.29, 0.717) is 11.5 Å². The molecule has 0 aromatic heterocycles. The molecule has 0 saturated heterocycles. The highest BCUT2D eigenvalue weighted by Gasteiger charge is 2.10. The van der Waals surface area contributed by atoms with Gasteiger partial charge in [0.2, 0.25) is 0 Å². The lowest BCUT2D eigenvalue weighted by Crippen LogP contribution is -1.93. The minimum absolute atomic E-state index is 0.709. The Kier molecular flexibility index (Phi) is 4.47. The quantitative estimate of drug-likeness (QED) is 0.780. The SMILES string of the molecule is CC=C=Cc1c(Br)ccc(OC)c1OC. The van der Waals surface area contributed by atoms with Crippen LogP contribution in [0.15, 0.2) is 28.4 Å². The predicted octanol–water partition coefficient (Wildman–Crippen LogP) is 3.65. The molecule has 0 atom stereocenters. The summed E-state index contributed by atoms with van der Waals surface area (Å²) in [6.07, 6.45) is 3.69. The number of ether oxygens (including phenoxy) is 2. The molecular weight excluding hydrogens is 256 g/mol. The largest absolute Gasteiger partial charge is 0.493 e. The van der Waals surface area contributed by atoms with Crippen LogP contribution in [0.3, 0.4) is 0 Å². The van der Waals surface area contributed by atoms with Crippen LogP contribution in [-0.2, 0) is 0 Å². The van der Waals surface area contributed by atoms with Crippen molar-refractivity contribution < 1.29 is 9.47 Å². The molecule has 0 N–H and O–H groups in total. The Bertz CT molecular complexity index is 404. The zero-order valence-electron chi connectivity index (χ0n) is 9.00. The Hall–Kier alpha value is -1.18. The predicted molar refractivity (Wildman–Crippen MR) is 65.5 cm³/mol. The lowest BCUT2D eigenvalue weighted by atomic mass is 10.2.